The zero-order valence-electron chi connectivity index (χ0n) is 12.9. The molecular weight excluding hydrogens is 347 g/mol. The lowest BCUT2D eigenvalue weighted by Crippen LogP contribution is -2.13. The maximum Gasteiger partial charge on any atom is 0.435 e. The van der Waals surface area contributed by atoms with Gasteiger partial charge in [-0.1, -0.05) is 0 Å². The Balaban J connectivity index is 0.00000208. The average Bonchev–Trinajstić information content (AvgIpc) is 3.15. The van der Waals surface area contributed by atoms with Gasteiger partial charge in [0.1, 0.15) is 0 Å². The van der Waals surface area contributed by atoms with Crippen molar-refractivity contribution in [2.45, 2.75) is 32.1 Å². The van der Waals surface area contributed by atoms with Crippen molar-refractivity contribution in [2.75, 3.05) is 13.2 Å². The molecule has 1 fully saturated rings. The third-order valence-electron chi connectivity index (χ3n) is 3.78. The monoisotopic (exact) mass is 363 g/mol. The van der Waals surface area contributed by atoms with Crippen molar-refractivity contribution in [1.29, 1.82) is 0 Å². The van der Waals surface area contributed by atoms with Gasteiger partial charge in [0.25, 0.3) is 0 Å². The molecule has 1 aliphatic rings. The lowest BCUT2D eigenvalue weighted by atomic mass is 10.1. The van der Waals surface area contributed by atoms with Crippen molar-refractivity contribution in [2.24, 2.45) is 5.73 Å². The Kier molecular flexibility index (Phi) is 5.46. The molecule has 0 saturated carbocycles. The minimum absolute atomic E-state index is 0. The fraction of sp³-hybridized carbons (Fsp3) is 0.500. The molecule has 2 aromatic rings. The van der Waals surface area contributed by atoms with Crippen molar-refractivity contribution in [3.05, 3.63) is 29.2 Å². The van der Waals surface area contributed by atoms with Crippen LogP contribution < -0.4 is 5.73 Å². The molecule has 10 heteroatoms. The van der Waals surface area contributed by atoms with E-state index in [4.69, 9.17) is 10.5 Å². The van der Waals surface area contributed by atoms with E-state index < -0.39 is 11.9 Å². The van der Waals surface area contributed by atoms with Gasteiger partial charge in [-0.3, -0.25) is 4.68 Å². The minimum atomic E-state index is -4.57. The van der Waals surface area contributed by atoms with Gasteiger partial charge in [-0.15, -0.1) is 17.5 Å². The van der Waals surface area contributed by atoms with Crippen LogP contribution in [0.15, 0.2) is 12.3 Å². The molecule has 0 aromatic carbocycles. The van der Waals surface area contributed by atoms with E-state index in [1.165, 1.54) is 10.9 Å². The molecule has 24 heavy (non-hydrogen) atoms. The lowest BCUT2D eigenvalue weighted by Gasteiger charge is -2.08. The first-order valence-electron chi connectivity index (χ1n) is 7.18. The number of nitrogens with zero attached hydrogens (tertiary/aromatic N) is 4. The minimum Gasteiger partial charge on any atom is -0.379 e. The second-order valence-corrected chi connectivity index (χ2v) is 5.46. The molecule has 1 unspecified atom stereocenters. The standard InChI is InChI=1S/C14H16F3N5O.ClH/c1-8-4-9(5-18)19-20-12(8)11-6-22(10-2-3-23-7-10)21-13(11)14(15,16)17;/h4,6,10H,2-3,5,7,18H2,1H3;1H. The third kappa shape index (κ3) is 3.52. The van der Waals surface area contributed by atoms with Crippen molar-refractivity contribution in [1.82, 2.24) is 20.0 Å². The summed E-state index contributed by atoms with van der Waals surface area (Å²) in [4.78, 5) is 0. The van der Waals surface area contributed by atoms with Crippen molar-refractivity contribution in [3.8, 4) is 11.3 Å². The summed E-state index contributed by atoms with van der Waals surface area (Å²) >= 11 is 0. The number of halogens is 4. The summed E-state index contributed by atoms with van der Waals surface area (Å²) in [7, 11) is 0. The zero-order chi connectivity index (χ0) is 16.6. The SMILES string of the molecule is Cc1cc(CN)nnc1-c1cn(C2CCOC2)nc1C(F)(F)F.Cl. The van der Waals surface area contributed by atoms with Gasteiger partial charge in [-0.25, -0.2) is 0 Å². The first kappa shape index (κ1) is 18.6. The van der Waals surface area contributed by atoms with Crippen LogP contribution in [-0.2, 0) is 17.5 Å². The van der Waals surface area contributed by atoms with Gasteiger partial charge in [-0.2, -0.15) is 23.4 Å². The maximum absolute atomic E-state index is 13.3. The topological polar surface area (TPSA) is 78.8 Å². The van der Waals surface area contributed by atoms with E-state index in [1.807, 2.05) is 0 Å². The molecule has 2 aromatic heterocycles. The summed E-state index contributed by atoms with van der Waals surface area (Å²) in [5.74, 6) is 0. The van der Waals surface area contributed by atoms with E-state index in [0.717, 1.165) is 0 Å². The summed E-state index contributed by atoms with van der Waals surface area (Å²) in [5, 5.41) is 11.5. The number of hydrogen-bond donors (Lipinski definition) is 1. The summed E-state index contributed by atoms with van der Waals surface area (Å²) in [5.41, 5.74) is 5.72. The normalized spacial score (nSPS) is 17.8. The molecular formula is C14H17ClF3N5O. The Bertz CT molecular complexity index is 713. The molecule has 0 amide bonds. The van der Waals surface area contributed by atoms with Crippen molar-refractivity contribution < 1.29 is 17.9 Å². The van der Waals surface area contributed by atoms with E-state index in [-0.39, 0.29) is 36.3 Å². The number of aromatic nitrogens is 4. The van der Waals surface area contributed by atoms with E-state index in [1.54, 1.807) is 13.0 Å². The Hall–Kier alpha value is -1.71. The second kappa shape index (κ2) is 7.04. The number of aryl methyl sites for hydroxylation is 1. The summed E-state index contributed by atoms with van der Waals surface area (Å²) < 4.78 is 46.6. The third-order valence-corrected chi connectivity index (χ3v) is 3.78. The fourth-order valence-electron chi connectivity index (χ4n) is 2.60. The van der Waals surface area contributed by atoms with Crippen molar-refractivity contribution >= 4 is 12.4 Å². The van der Waals surface area contributed by atoms with E-state index in [2.05, 4.69) is 15.3 Å². The quantitative estimate of drug-likeness (QED) is 0.906. The summed E-state index contributed by atoms with van der Waals surface area (Å²) in [6.45, 7) is 2.73. The van der Waals surface area contributed by atoms with Gasteiger partial charge in [0.05, 0.1) is 29.6 Å². The molecule has 1 aliphatic heterocycles. The van der Waals surface area contributed by atoms with Crippen LogP contribution in [0.4, 0.5) is 13.2 Å². The van der Waals surface area contributed by atoms with E-state index in [0.29, 0.717) is 30.9 Å². The van der Waals surface area contributed by atoms with Crippen LogP contribution in [0.3, 0.4) is 0 Å². The molecule has 132 valence electrons. The first-order valence-corrected chi connectivity index (χ1v) is 7.18. The van der Waals surface area contributed by atoms with E-state index >= 15 is 0 Å². The first-order chi connectivity index (χ1) is 10.9. The summed E-state index contributed by atoms with van der Waals surface area (Å²) in [6, 6.07) is 1.44. The number of nitrogens with two attached hydrogens (primary N) is 1. The molecule has 0 aliphatic carbocycles. The molecule has 0 bridgehead atoms. The smallest absolute Gasteiger partial charge is 0.379 e. The van der Waals surface area contributed by atoms with Crippen LogP contribution in [-0.4, -0.2) is 33.2 Å². The van der Waals surface area contributed by atoms with Gasteiger partial charge >= 0.3 is 6.18 Å². The predicted molar refractivity (Wildman–Crippen MR) is 82.6 cm³/mol. The van der Waals surface area contributed by atoms with Crippen LogP contribution in [0.2, 0.25) is 0 Å². The lowest BCUT2D eigenvalue weighted by molar-refractivity contribution is -0.141. The van der Waals surface area contributed by atoms with E-state index in [9.17, 15) is 13.2 Å². The molecule has 0 spiro atoms. The molecule has 0 radical (unpaired) electrons. The number of alkyl halides is 3. The van der Waals surface area contributed by atoms with Crippen LogP contribution in [0.1, 0.15) is 29.4 Å². The van der Waals surface area contributed by atoms with Crippen LogP contribution in [0, 0.1) is 6.92 Å². The highest BCUT2D eigenvalue weighted by molar-refractivity contribution is 5.85. The molecule has 3 rings (SSSR count). The molecule has 1 atom stereocenters. The number of hydrogen-bond acceptors (Lipinski definition) is 5. The van der Waals surface area contributed by atoms with Gasteiger partial charge in [0, 0.05) is 19.3 Å². The van der Waals surface area contributed by atoms with Gasteiger partial charge < -0.3 is 10.5 Å². The molecule has 6 nitrogen and oxygen atoms in total. The summed E-state index contributed by atoms with van der Waals surface area (Å²) in [6.07, 6.45) is -2.56. The fourth-order valence-corrected chi connectivity index (χ4v) is 2.60. The Morgan fingerprint density at radius 3 is 2.67 bits per heavy atom. The molecule has 2 N–H and O–H groups in total. The van der Waals surface area contributed by atoms with Gasteiger partial charge in [0.15, 0.2) is 5.69 Å². The Labute approximate surface area is 142 Å². The Morgan fingerprint density at radius 1 is 1.38 bits per heavy atom. The highest BCUT2D eigenvalue weighted by Crippen LogP contribution is 2.37. The highest BCUT2D eigenvalue weighted by Gasteiger charge is 2.39. The van der Waals surface area contributed by atoms with Gasteiger partial charge in [-0.05, 0) is 25.0 Å². The zero-order valence-corrected chi connectivity index (χ0v) is 13.7. The van der Waals surface area contributed by atoms with Crippen LogP contribution >= 0.6 is 12.4 Å². The Morgan fingerprint density at radius 2 is 2.12 bits per heavy atom. The van der Waals surface area contributed by atoms with Gasteiger partial charge in [0.2, 0.25) is 0 Å². The van der Waals surface area contributed by atoms with Crippen LogP contribution in [0.5, 0.6) is 0 Å². The molecule has 1 saturated heterocycles. The maximum atomic E-state index is 13.3. The number of ether oxygens (including phenoxy) is 1. The molecule has 3 heterocycles. The van der Waals surface area contributed by atoms with Crippen molar-refractivity contribution in [3.63, 3.8) is 0 Å². The highest BCUT2D eigenvalue weighted by atomic mass is 35.5. The predicted octanol–water partition coefficient (Wildman–Crippen LogP) is 2.51. The average molecular weight is 364 g/mol. The second-order valence-electron chi connectivity index (χ2n) is 5.46. The number of rotatable bonds is 3. The van der Waals surface area contributed by atoms with Crippen LogP contribution in [0.25, 0.3) is 11.3 Å². The largest absolute Gasteiger partial charge is 0.435 e.